The fourth-order valence-electron chi connectivity index (χ4n) is 0.542. The predicted octanol–water partition coefficient (Wildman–Crippen LogP) is 1.42. The van der Waals surface area contributed by atoms with E-state index in [1.807, 2.05) is 12.1 Å². The first kappa shape index (κ1) is 8.13. The minimum atomic E-state index is -0.955. The van der Waals surface area contributed by atoms with Crippen LogP contribution in [0.15, 0.2) is 23.4 Å². The van der Waals surface area contributed by atoms with Gasteiger partial charge < -0.3 is 0 Å². The molecule has 0 spiro atoms. The van der Waals surface area contributed by atoms with Gasteiger partial charge in [-0.1, -0.05) is 0 Å². The Bertz CT molecular complexity index is 264. The van der Waals surface area contributed by atoms with Crippen molar-refractivity contribution in [1.29, 1.82) is 0 Å². The monoisotopic (exact) mass is 267 g/mol. The minimum Gasteiger partial charge on any atom is -0.253 e. The number of hydrogen-bond donors (Lipinski definition) is 0. The molecule has 4 heteroatoms. The van der Waals surface area contributed by atoms with E-state index in [1.165, 1.54) is 0 Å². The summed E-state index contributed by atoms with van der Waals surface area (Å²) in [5, 5.41) is 0.645. The number of nitrogens with zero attached hydrogens (tertiary/aromatic N) is 1. The zero-order valence-corrected chi connectivity index (χ0v) is 8.35. The summed E-state index contributed by atoms with van der Waals surface area (Å²) in [4.78, 5) is 3.93. The molecule has 0 N–H and O–H groups in total. The van der Waals surface area contributed by atoms with E-state index in [9.17, 15) is 4.21 Å². The molecule has 1 unspecified atom stereocenters. The summed E-state index contributed by atoms with van der Waals surface area (Å²) in [6.45, 7) is 0. The molecule has 1 aromatic rings. The van der Waals surface area contributed by atoms with Crippen LogP contribution in [-0.2, 0) is 10.8 Å². The summed E-state index contributed by atoms with van der Waals surface area (Å²) in [5.41, 5.74) is 0. The van der Waals surface area contributed by atoms with E-state index in [4.69, 9.17) is 0 Å². The second kappa shape index (κ2) is 3.43. The van der Waals surface area contributed by atoms with Gasteiger partial charge in [-0.05, 0) is 34.7 Å². The van der Waals surface area contributed by atoms with Crippen LogP contribution in [0.25, 0.3) is 0 Å². The van der Waals surface area contributed by atoms with E-state index in [0.717, 1.165) is 3.57 Å². The van der Waals surface area contributed by atoms with Crippen LogP contribution in [0.4, 0.5) is 0 Å². The Kier molecular flexibility index (Phi) is 2.79. The molecule has 0 aliphatic rings. The highest BCUT2D eigenvalue weighted by Crippen LogP contribution is 2.06. The van der Waals surface area contributed by atoms with Crippen LogP contribution in [0.5, 0.6) is 0 Å². The lowest BCUT2D eigenvalue weighted by molar-refractivity contribution is 0.684. The number of rotatable bonds is 1. The molecule has 10 heavy (non-hydrogen) atoms. The first-order valence-corrected chi connectivity index (χ1v) is 5.29. The normalized spacial score (nSPS) is 13.0. The average Bonchev–Trinajstić information content (AvgIpc) is 1.88. The molecule has 0 saturated carbocycles. The molecule has 0 fully saturated rings. The summed E-state index contributed by atoms with van der Waals surface area (Å²) >= 11 is 2.16. The Labute approximate surface area is 75.7 Å². The standard InChI is InChI=1S/C6H6INOS/c1-10(9)6-4-5(7)2-3-8-6/h2-4H,1H3. The highest BCUT2D eigenvalue weighted by molar-refractivity contribution is 14.1. The predicted molar refractivity (Wildman–Crippen MR) is 49.3 cm³/mol. The summed E-state index contributed by atoms with van der Waals surface area (Å²) in [6, 6.07) is 3.69. The lowest BCUT2D eigenvalue weighted by Crippen LogP contribution is -1.91. The molecule has 0 saturated heterocycles. The first-order chi connectivity index (χ1) is 4.70. The van der Waals surface area contributed by atoms with Gasteiger partial charge in [0.25, 0.3) is 0 Å². The van der Waals surface area contributed by atoms with Crippen LogP contribution in [0, 0.1) is 3.57 Å². The summed E-state index contributed by atoms with van der Waals surface area (Å²) in [7, 11) is -0.955. The lowest BCUT2D eigenvalue weighted by atomic mass is 10.5. The fraction of sp³-hybridized carbons (Fsp3) is 0.167. The molecule has 1 rings (SSSR count). The number of hydrogen-bond acceptors (Lipinski definition) is 2. The van der Waals surface area contributed by atoms with Gasteiger partial charge in [0.2, 0.25) is 0 Å². The Hall–Kier alpha value is 0.0300. The Morgan fingerprint density at radius 1 is 1.70 bits per heavy atom. The number of halogens is 1. The second-order valence-corrected chi connectivity index (χ2v) is 4.34. The zero-order chi connectivity index (χ0) is 7.56. The topological polar surface area (TPSA) is 30.0 Å². The minimum absolute atomic E-state index is 0.645. The highest BCUT2D eigenvalue weighted by Gasteiger charge is 1.97. The molecule has 1 atom stereocenters. The van der Waals surface area contributed by atoms with Gasteiger partial charge in [0.05, 0.1) is 10.8 Å². The van der Waals surface area contributed by atoms with Gasteiger partial charge in [-0.2, -0.15) is 0 Å². The summed E-state index contributed by atoms with van der Waals surface area (Å²) in [6.07, 6.45) is 3.29. The van der Waals surface area contributed by atoms with Crippen molar-refractivity contribution in [3.05, 3.63) is 21.9 Å². The van der Waals surface area contributed by atoms with E-state index in [1.54, 1.807) is 12.5 Å². The largest absolute Gasteiger partial charge is 0.253 e. The van der Waals surface area contributed by atoms with Crippen LogP contribution >= 0.6 is 22.6 Å². The van der Waals surface area contributed by atoms with Gasteiger partial charge in [0.15, 0.2) is 0 Å². The number of aromatic nitrogens is 1. The average molecular weight is 267 g/mol. The maximum absolute atomic E-state index is 10.8. The first-order valence-electron chi connectivity index (χ1n) is 2.65. The van der Waals surface area contributed by atoms with Crippen molar-refractivity contribution < 1.29 is 4.21 Å². The van der Waals surface area contributed by atoms with Crippen molar-refractivity contribution in [2.75, 3.05) is 6.26 Å². The molecule has 0 aliphatic heterocycles. The molecule has 0 aromatic carbocycles. The van der Waals surface area contributed by atoms with E-state index < -0.39 is 10.8 Å². The molecule has 0 amide bonds. The number of pyridine rings is 1. The van der Waals surface area contributed by atoms with E-state index in [0.29, 0.717) is 5.03 Å². The van der Waals surface area contributed by atoms with Gasteiger partial charge in [0, 0.05) is 16.0 Å². The fourth-order valence-corrected chi connectivity index (χ4v) is 1.71. The van der Waals surface area contributed by atoms with E-state index >= 15 is 0 Å². The SMILES string of the molecule is CS(=O)c1cc(I)ccn1. The van der Waals surface area contributed by atoms with Crippen LogP contribution in [0.2, 0.25) is 0 Å². The van der Waals surface area contributed by atoms with E-state index in [2.05, 4.69) is 27.6 Å². The summed E-state index contributed by atoms with van der Waals surface area (Å²) in [5.74, 6) is 0. The molecule has 0 radical (unpaired) electrons. The van der Waals surface area contributed by atoms with Crippen molar-refractivity contribution in [3.63, 3.8) is 0 Å². The third-order valence-electron chi connectivity index (χ3n) is 0.991. The quantitative estimate of drug-likeness (QED) is 0.720. The van der Waals surface area contributed by atoms with E-state index in [-0.39, 0.29) is 0 Å². The van der Waals surface area contributed by atoms with Crippen molar-refractivity contribution in [2.24, 2.45) is 0 Å². The van der Waals surface area contributed by atoms with Crippen LogP contribution in [-0.4, -0.2) is 15.4 Å². The third kappa shape index (κ3) is 2.02. The molecule has 0 aliphatic carbocycles. The Morgan fingerprint density at radius 3 is 2.80 bits per heavy atom. The Morgan fingerprint density at radius 2 is 2.40 bits per heavy atom. The second-order valence-electron chi connectivity index (χ2n) is 1.77. The molecule has 1 aromatic heterocycles. The highest BCUT2D eigenvalue weighted by atomic mass is 127. The molecule has 0 bridgehead atoms. The van der Waals surface area contributed by atoms with Crippen molar-refractivity contribution in [2.45, 2.75) is 5.03 Å². The molecule has 1 heterocycles. The molecular formula is C6H6INOS. The maximum atomic E-state index is 10.8. The van der Waals surface area contributed by atoms with Gasteiger partial charge >= 0.3 is 0 Å². The van der Waals surface area contributed by atoms with Gasteiger partial charge in [0.1, 0.15) is 5.03 Å². The third-order valence-corrected chi connectivity index (χ3v) is 2.47. The summed E-state index contributed by atoms with van der Waals surface area (Å²) < 4.78 is 11.9. The zero-order valence-electron chi connectivity index (χ0n) is 5.37. The Balaban J connectivity index is 3.07. The van der Waals surface area contributed by atoms with Crippen LogP contribution in [0.3, 0.4) is 0 Å². The lowest BCUT2D eigenvalue weighted by Gasteiger charge is -1.93. The smallest absolute Gasteiger partial charge is 0.127 e. The van der Waals surface area contributed by atoms with Gasteiger partial charge in [-0.3, -0.25) is 4.21 Å². The van der Waals surface area contributed by atoms with Crippen LogP contribution in [0.1, 0.15) is 0 Å². The van der Waals surface area contributed by atoms with Crippen LogP contribution < -0.4 is 0 Å². The van der Waals surface area contributed by atoms with Crippen molar-refractivity contribution in [1.82, 2.24) is 4.98 Å². The van der Waals surface area contributed by atoms with Crippen molar-refractivity contribution >= 4 is 33.4 Å². The molecule has 2 nitrogen and oxygen atoms in total. The molecule has 54 valence electrons. The van der Waals surface area contributed by atoms with Crippen molar-refractivity contribution in [3.8, 4) is 0 Å². The molecular weight excluding hydrogens is 261 g/mol. The maximum Gasteiger partial charge on any atom is 0.127 e. The van der Waals surface area contributed by atoms with Gasteiger partial charge in [-0.15, -0.1) is 0 Å². The van der Waals surface area contributed by atoms with Gasteiger partial charge in [-0.25, -0.2) is 4.98 Å².